The first-order valence-corrected chi connectivity index (χ1v) is 8.99. The summed E-state index contributed by atoms with van der Waals surface area (Å²) in [5.41, 5.74) is 0.915. The van der Waals surface area contributed by atoms with Gasteiger partial charge in [0, 0.05) is 18.3 Å². The molecule has 1 rings (SSSR count). The number of sulfonamides is 1. The van der Waals surface area contributed by atoms with Crippen molar-refractivity contribution in [3.63, 3.8) is 0 Å². The van der Waals surface area contributed by atoms with Crippen LogP contribution in [0, 0.1) is 0 Å². The van der Waals surface area contributed by atoms with Gasteiger partial charge < -0.3 is 9.64 Å². The van der Waals surface area contributed by atoms with Crippen LogP contribution in [-0.4, -0.2) is 56.7 Å². The maximum atomic E-state index is 12.0. The number of amides is 1. The van der Waals surface area contributed by atoms with Crippen LogP contribution in [0.2, 0.25) is 0 Å². The third-order valence-electron chi connectivity index (χ3n) is 3.13. The lowest BCUT2D eigenvalue weighted by atomic mass is 10.1. The van der Waals surface area contributed by atoms with Crippen LogP contribution in [-0.2, 0) is 14.8 Å². The molecule has 0 aromatic heterocycles. The van der Waals surface area contributed by atoms with Gasteiger partial charge in [-0.1, -0.05) is 24.3 Å². The molecular weight excluding hydrogens is 312 g/mol. The molecule has 0 unspecified atom stereocenters. The average Bonchev–Trinajstić information content (AvgIpc) is 2.76. The minimum absolute atomic E-state index is 0.0810. The Kier molecular flexibility index (Phi) is 6.76. The number of ether oxygens (including phenoxy) is 1. The van der Waals surface area contributed by atoms with Gasteiger partial charge in [0.25, 0.3) is 0 Å². The van der Waals surface area contributed by atoms with Crippen LogP contribution in [0.1, 0.15) is 13.3 Å². The van der Waals surface area contributed by atoms with E-state index in [9.17, 15) is 13.2 Å². The van der Waals surface area contributed by atoms with Gasteiger partial charge in [-0.15, -0.1) is 0 Å². The summed E-state index contributed by atoms with van der Waals surface area (Å²) >= 11 is 4.42. The lowest BCUT2D eigenvalue weighted by Crippen LogP contribution is -2.37. The van der Waals surface area contributed by atoms with E-state index in [0.29, 0.717) is 13.0 Å². The molecule has 120 valence electrons. The van der Waals surface area contributed by atoms with Crippen LogP contribution in [0.25, 0.3) is 0 Å². The number of carbonyl (C=O) groups excluding carboxylic acids is 1. The normalized spacial score (nSPS) is 23.2. The van der Waals surface area contributed by atoms with Crippen molar-refractivity contribution in [1.82, 2.24) is 9.62 Å². The van der Waals surface area contributed by atoms with E-state index >= 15 is 0 Å². The van der Waals surface area contributed by atoms with Gasteiger partial charge in [-0.2, -0.15) is 12.6 Å². The van der Waals surface area contributed by atoms with Crippen LogP contribution in [0.15, 0.2) is 24.3 Å². The van der Waals surface area contributed by atoms with Gasteiger partial charge in [0.05, 0.1) is 12.3 Å². The third-order valence-corrected chi connectivity index (χ3v) is 4.20. The monoisotopic (exact) mass is 334 g/mol. The molecule has 1 fully saturated rings. The van der Waals surface area contributed by atoms with E-state index in [-0.39, 0.29) is 24.4 Å². The number of nitrogens with zero attached hydrogens (tertiary/aromatic N) is 1. The number of rotatable bonds is 6. The largest absolute Gasteiger partial charge is 0.445 e. The maximum Gasteiger partial charge on any atom is 0.410 e. The van der Waals surface area contributed by atoms with E-state index in [2.05, 4.69) is 23.9 Å². The second-order valence-electron chi connectivity index (χ2n) is 4.99. The summed E-state index contributed by atoms with van der Waals surface area (Å²) in [6.45, 7) is 6.25. The van der Waals surface area contributed by atoms with Crippen molar-refractivity contribution in [2.24, 2.45) is 0 Å². The number of nitrogens with one attached hydrogen (secondary N) is 1. The number of hydrogen-bond acceptors (Lipinski definition) is 5. The van der Waals surface area contributed by atoms with Crippen LogP contribution >= 0.6 is 12.6 Å². The van der Waals surface area contributed by atoms with E-state index in [4.69, 9.17) is 4.74 Å². The minimum atomic E-state index is -3.22. The molecule has 1 heterocycles. The SMILES string of the molecule is C=CCOC(=O)N1C[C@@H](S)C[C@H]1/C(C)=C/CNS(C)(=O)=O. The Bertz CT molecular complexity index is 516. The average molecular weight is 334 g/mol. The van der Waals surface area contributed by atoms with Crippen molar-refractivity contribution in [3.8, 4) is 0 Å². The zero-order chi connectivity index (χ0) is 16.0. The lowest BCUT2D eigenvalue weighted by molar-refractivity contribution is 0.112. The van der Waals surface area contributed by atoms with E-state index in [1.54, 1.807) is 11.0 Å². The van der Waals surface area contributed by atoms with Gasteiger partial charge in [-0.05, 0) is 13.3 Å². The highest BCUT2D eigenvalue weighted by atomic mass is 32.2. The van der Waals surface area contributed by atoms with Gasteiger partial charge in [-0.25, -0.2) is 17.9 Å². The second kappa shape index (κ2) is 7.86. The molecule has 21 heavy (non-hydrogen) atoms. The summed E-state index contributed by atoms with van der Waals surface area (Å²) < 4.78 is 29.5. The molecule has 1 amide bonds. The van der Waals surface area contributed by atoms with Crippen LogP contribution in [0.4, 0.5) is 4.79 Å². The molecule has 1 aliphatic rings. The van der Waals surface area contributed by atoms with Crippen molar-refractivity contribution in [2.75, 3.05) is 26.0 Å². The zero-order valence-electron chi connectivity index (χ0n) is 12.3. The molecule has 1 N–H and O–H groups in total. The Morgan fingerprint density at radius 3 is 2.81 bits per heavy atom. The van der Waals surface area contributed by atoms with Crippen LogP contribution in [0.5, 0.6) is 0 Å². The first-order valence-electron chi connectivity index (χ1n) is 6.58. The van der Waals surface area contributed by atoms with Crippen molar-refractivity contribution in [3.05, 3.63) is 24.3 Å². The minimum Gasteiger partial charge on any atom is -0.445 e. The molecule has 0 bridgehead atoms. The van der Waals surface area contributed by atoms with E-state index in [1.165, 1.54) is 6.08 Å². The molecule has 0 saturated carbocycles. The lowest BCUT2D eigenvalue weighted by Gasteiger charge is -2.24. The fourth-order valence-corrected chi connectivity index (χ4v) is 2.91. The topological polar surface area (TPSA) is 75.7 Å². The Hall–Kier alpha value is -0.990. The second-order valence-corrected chi connectivity index (χ2v) is 7.56. The van der Waals surface area contributed by atoms with Gasteiger partial charge in [0.2, 0.25) is 10.0 Å². The summed E-state index contributed by atoms with van der Waals surface area (Å²) in [4.78, 5) is 13.6. The summed E-state index contributed by atoms with van der Waals surface area (Å²) in [6, 6.07) is -0.119. The molecule has 8 heteroatoms. The molecule has 1 saturated heterocycles. The smallest absolute Gasteiger partial charge is 0.410 e. The highest BCUT2D eigenvalue weighted by Crippen LogP contribution is 2.27. The Morgan fingerprint density at radius 1 is 1.57 bits per heavy atom. The molecule has 0 aromatic rings. The summed E-state index contributed by atoms with van der Waals surface area (Å²) in [5, 5.41) is 0.0810. The molecule has 6 nitrogen and oxygen atoms in total. The first-order chi connectivity index (χ1) is 9.74. The number of likely N-dealkylation sites (tertiary alicyclic amines) is 1. The highest BCUT2D eigenvalue weighted by molar-refractivity contribution is 7.88. The Balaban J connectivity index is 2.70. The van der Waals surface area contributed by atoms with Crippen molar-refractivity contribution in [2.45, 2.75) is 24.6 Å². The molecule has 2 atom stereocenters. The van der Waals surface area contributed by atoms with Crippen molar-refractivity contribution >= 4 is 28.7 Å². The number of carbonyl (C=O) groups is 1. The summed E-state index contributed by atoms with van der Waals surface area (Å²) in [7, 11) is -3.22. The zero-order valence-corrected chi connectivity index (χ0v) is 14.0. The van der Waals surface area contributed by atoms with Gasteiger partial charge >= 0.3 is 6.09 Å². The fourth-order valence-electron chi connectivity index (χ4n) is 2.15. The molecule has 0 spiro atoms. The standard InChI is InChI=1S/C13H22N2O4S2/c1-4-7-19-13(16)15-9-11(20)8-12(15)10(2)5-6-14-21(3,17)18/h4-5,11-12,14,20H,1,6-9H2,2-3H3/b10-5+/t11-,12-/m0/s1. The number of thiol groups is 1. The highest BCUT2D eigenvalue weighted by Gasteiger charge is 2.35. The Morgan fingerprint density at radius 2 is 2.24 bits per heavy atom. The molecule has 1 aliphatic heterocycles. The van der Waals surface area contributed by atoms with Crippen molar-refractivity contribution in [1.29, 1.82) is 0 Å². The first kappa shape index (κ1) is 18.1. The van der Waals surface area contributed by atoms with Crippen LogP contribution in [0.3, 0.4) is 0 Å². The maximum absolute atomic E-state index is 12.0. The molecule has 0 aliphatic carbocycles. The van der Waals surface area contributed by atoms with Gasteiger partial charge in [-0.3, -0.25) is 0 Å². The number of hydrogen-bond donors (Lipinski definition) is 2. The van der Waals surface area contributed by atoms with Crippen molar-refractivity contribution < 1.29 is 17.9 Å². The molecule has 0 radical (unpaired) electrons. The van der Waals surface area contributed by atoms with Gasteiger partial charge in [0.1, 0.15) is 6.61 Å². The Labute approximate surface area is 131 Å². The molecule has 0 aromatic carbocycles. The van der Waals surface area contributed by atoms with Gasteiger partial charge in [0.15, 0.2) is 0 Å². The van der Waals surface area contributed by atoms with E-state index in [1.807, 2.05) is 6.92 Å². The predicted molar refractivity (Wildman–Crippen MR) is 86.0 cm³/mol. The molecular formula is C13H22N2O4S2. The predicted octanol–water partition coefficient (Wildman–Crippen LogP) is 1.18. The van der Waals surface area contributed by atoms with Crippen LogP contribution < -0.4 is 4.72 Å². The summed E-state index contributed by atoms with van der Waals surface area (Å²) in [6.07, 6.45) is 4.70. The van der Waals surface area contributed by atoms with E-state index < -0.39 is 16.1 Å². The quantitative estimate of drug-likeness (QED) is 0.565. The van der Waals surface area contributed by atoms with E-state index in [0.717, 1.165) is 11.8 Å². The summed E-state index contributed by atoms with van der Waals surface area (Å²) in [5.74, 6) is 0. The fraction of sp³-hybridized carbons (Fsp3) is 0.615. The third kappa shape index (κ3) is 6.11.